The van der Waals surface area contributed by atoms with Gasteiger partial charge in [-0.15, -0.1) is 0 Å². The van der Waals surface area contributed by atoms with E-state index in [-0.39, 0.29) is 30.6 Å². The van der Waals surface area contributed by atoms with Crippen LogP contribution >= 0.6 is 0 Å². The number of carbonyl (C=O) groups is 3. The maximum Gasteiger partial charge on any atom is 0.307 e. The van der Waals surface area contributed by atoms with Gasteiger partial charge in [0.15, 0.2) is 5.78 Å². The first-order chi connectivity index (χ1) is 8.54. The van der Waals surface area contributed by atoms with Crippen molar-refractivity contribution in [1.29, 1.82) is 0 Å². The summed E-state index contributed by atoms with van der Waals surface area (Å²) in [6, 6.07) is 1.47. The van der Waals surface area contributed by atoms with E-state index in [9.17, 15) is 14.4 Å². The molecule has 0 atom stereocenters. The van der Waals surface area contributed by atoms with Crippen molar-refractivity contribution in [2.75, 3.05) is 13.2 Å². The van der Waals surface area contributed by atoms with Gasteiger partial charge in [0.1, 0.15) is 5.69 Å². The number of amides is 1. The van der Waals surface area contributed by atoms with Crippen LogP contribution in [0, 0.1) is 0 Å². The summed E-state index contributed by atoms with van der Waals surface area (Å²) >= 11 is 0. The molecule has 6 nitrogen and oxygen atoms in total. The average Bonchev–Trinajstić information content (AvgIpc) is 2.78. The fourth-order valence-corrected chi connectivity index (χ4v) is 1.34. The Morgan fingerprint density at radius 2 is 2.11 bits per heavy atom. The minimum absolute atomic E-state index is 0.114. The van der Waals surface area contributed by atoms with Crippen LogP contribution in [-0.2, 0) is 9.53 Å². The Labute approximate surface area is 105 Å². The number of H-pyrrole nitrogens is 1. The molecule has 0 bridgehead atoms. The maximum atomic E-state index is 11.6. The van der Waals surface area contributed by atoms with Crippen molar-refractivity contribution in [2.24, 2.45) is 0 Å². The number of esters is 1. The van der Waals surface area contributed by atoms with Crippen molar-refractivity contribution in [1.82, 2.24) is 10.3 Å². The molecule has 1 aromatic heterocycles. The van der Waals surface area contributed by atoms with E-state index in [2.05, 4.69) is 10.3 Å². The summed E-state index contributed by atoms with van der Waals surface area (Å²) in [7, 11) is 0. The van der Waals surface area contributed by atoms with E-state index in [1.54, 1.807) is 6.92 Å². The first-order valence-corrected chi connectivity index (χ1v) is 5.67. The highest BCUT2D eigenvalue weighted by Gasteiger charge is 2.10. The molecule has 2 N–H and O–H groups in total. The lowest BCUT2D eigenvalue weighted by Gasteiger charge is -2.03. The summed E-state index contributed by atoms with van der Waals surface area (Å²) in [4.78, 5) is 36.4. The van der Waals surface area contributed by atoms with Gasteiger partial charge in [0.05, 0.1) is 13.0 Å². The van der Waals surface area contributed by atoms with Gasteiger partial charge in [-0.2, -0.15) is 0 Å². The van der Waals surface area contributed by atoms with Crippen LogP contribution in [0.2, 0.25) is 0 Å². The zero-order valence-electron chi connectivity index (χ0n) is 10.4. The van der Waals surface area contributed by atoms with Gasteiger partial charge >= 0.3 is 5.97 Å². The second-order valence-electron chi connectivity index (χ2n) is 3.67. The van der Waals surface area contributed by atoms with E-state index in [4.69, 9.17) is 4.74 Å². The second kappa shape index (κ2) is 6.58. The number of aromatic amines is 1. The Bertz CT molecular complexity index is 451. The van der Waals surface area contributed by atoms with Crippen LogP contribution in [0.25, 0.3) is 0 Å². The molecule has 0 saturated heterocycles. The SMILES string of the molecule is CCOC(=O)CCNC(=O)c1cc(C(C)=O)c[nH]1. The van der Waals surface area contributed by atoms with E-state index in [0.29, 0.717) is 17.9 Å². The molecule has 1 rings (SSSR count). The molecular weight excluding hydrogens is 236 g/mol. The molecule has 0 unspecified atom stereocenters. The molecule has 98 valence electrons. The van der Waals surface area contributed by atoms with Crippen LogP contribution in [0.4, 0.5) is 0 Å². The summed E-state index contributed by atoms with van der Waals surface area (Å²) in [5.74, 6) is -0.822. The van der Waals surface area contributed by atoms with Crippen molar-refractivity contribution in [2.45, 2.75) is 20.3 Å². The van der Waals surface area contributed by atoms with Crippen molar-refractivity contribution >= 4 is 17.7 Å². The Hall–Kier alpha value is -2.11. The third-order valence-corrected chi connectivity index (χ3v) is 2.25. The van der Waals surface area contributed by atoms with Gasteiger partial charge in [-0.1, -0.05) is 0 Å². The lowest BCUT2D eigenvalue weighted by atomic mass is 10.2. The Balaban J connectivity index is 2.40. The fraction of sp³-hybridized carbons (Fsp3) is 0.417. The molecule has 0 aliphatic rings. The molecule has 1 amide bonds. The fourth-order valence-electron chi connectivity index (χ4n) is 1.34. The number of hydrogen-bond acceptors (Lipinski definition) is 4. The Kier molecular flexibility index (Phi) is 5.10. The van der Waals surface area contributed by atoms with Gasteiger partial charge in [0.2, 0.25) is 0 Å². The van der Waals surface area contributed by atoms with Gasteiger partial charge < -0.3 is 15.0 Å². The number of Topliss-reactive ketones (excluding diaryl/α,β-unsaturated/α-hetero) is 1. The maximum absolute atomic E-state index is 11.6. The first kappa shape index (κ1) is 14.0. The molecule has 6 heteroatoms. The molecule has 0 spiro atoms. The highest BCUT2D eigenvalue weighted by molar-refractivity contribution is 5.99. The van der Waals surface area contributed by atoms with E-state index in [0.717, 1.165) is 0 Å². The normalized spacial score (nSPS) is 9.89. The topological polar surface area (TPSA) is 88.3 Å². The van der Waals surface area contributed by atoms with Gasteiger partial charge in [0, 0.05) is 18.3 Å². The minimum atomic E-state index is -0.355. The van der Waals surface area contributed by atoms with Crippen molar-refractivity contribution in [3.8, 4) is 0 Å². The van der Waals surface area contributed by atoms with Crippen molar-refractivity contribution in [3.63, 3.8) is 0 Å². The zero-order valence-corrected chi connectivity index (χ0v) is 10.4. The number of carbonyl (C=O) groups excluding carboxylic acids is 3. The smallest absolute Gasteiger partial charge is 0.307 e. The second-order valence-corrected chi connectivity index (χ2v) is 3.67. The third-order valence-electron chi connectivity index (χ3n) is 2.25. The lowest BCUT2D eigenvalue weighted by Crippen LogP contribution is -2.26. The summed E-state index contributed by atoms with van der Waals surface area (Å²) in [6.07, 6.45) is 1.60. The monoisotopic (exact) mass is 252 g/mol. The van der Waals surface area contributed by atoms with Crippen LogP contribution < -0.4 is 5.32 Å². The van der Waals surface area contributed by atoms with E-state index >= 15 is 0 Å². The van der Waals surface area contributed by atoms with Gasteiger partial charge in [-0.05, 0) is 19.9 Å². The van der Waals surface area contributed by atoms with Gasteiger partial charge in [-0.3, -0.25) is 14.4 Å². The highest BCUT2D eigenvalue weighted by Crippen LogP contribution is 2.04. The number of aromatic nitrogens is 1. The van der Waals surface area contributed by atoms with Crippen LogP contribution in [0.15, 0.2) is 12.3 Å². The predicted molar refractivity (Wildman–Crippen MR) is 64.4 cm³/mol. The Morgan fingerprint density at radius 1 is 1.39 bits per heavy atom. The van der Waals surface area contributed by atoms with E-state index < -0.39 is 0 Å². The van der Waals surface area contributed by atoms with E-state index in [1.165, 1.54) is 19.2 Å². The Morgan fingerprint density at radius 3 is 2.67 bits per heavy atom. The molecule has 18 heavy (non-hydrogen) atoms. The number of nitrogens with one attached hydrogen (secondary N) is 2. The van der Waals surface area contributed by atoms with Crippen LogP contribution in [0.5, 0.6) is 0 Å². The van der Waals surface area contributed by atoms with Crippen molar-refractivity contribution < 1.29 is 19.1 Å². The summed E-state index contributed by atoms with van der Waals surface area (Å²) in [5.41, 5.74) is 0.745. The predicted octanol–water partition coefficient (Wildman–Crippen LogP) is 0.900. The molecule has 0 aliphatic carbocycles. The summed E-state index contributed by atoms with van der Waals surface area (Å²) in [5, 5.41) is 2.56. The van der Waals surface area contributed by atoms with Crippen molar-refractivity contribution in [3.05, 3.63) is 23.5 Å². The molecular formula is C12H16N2O4. The average molecular weight is 252 g/mol. The van der Waals surface area contributed by atoms with Crippen LogP contribution in [0.1, 0.15) is 41.1 Å². The zero-order chi connectivity index (χ0) is 13.5. The number of rotatable bonds is 6. The van der Waals surface area contributed by atoms with Crippen LogP contribution in [-0.4, -0.2) is 35.8 Å². The van der Waals surface area contributed by atoms with Gasteiger partial charge in [-0.25, -0.2) is 0 Å². The number of ketones is 1. The highest BCUT2D eigenvalue weighted by atomic mass is 16.5. The number of hydrogen-bond donors (Lipinski definition) is 2. The standard InChI is InChI=1S/C12H16N2O4/c1-3-18-11(16)4-5-13-12(17)10-6-9(7-14-10)8(2)15/h6-7,14H,3-5H2,1-2H3,(H,13,17). The quantitative estimate of drug-likeness (QED) is 0.581. The van der Waals surface area contributed by atoms with E-state index in [1.807, 2.05) is 0 Å². The molecule has 0 saturated carbocycles. The third kappa shape index (κ3) is 4.04. The van der Waals surface area contributed by atoms with Crippen LogP contribution in [0.3, 0.4) is 0 Å². The molecule has 1 heterocycles. The number of ether oxygens (including phenoxy) is 1. The first-order valence-electron chi connectivity index (χ1n) is 5.67. The molecule has 0 aliphatic heterocycles. The summed E-state index contributed by atoms with van der Waals surface area (Å²) in [6.45, 7) is 3.67. The molecule has 0 aromatic carbocycles. The summed E-state index contributed by atoms with van der Waals surface area (Å²) < 4.78 is 4.72. The lowest BCUT2D eigenvalue weighted by molar-refractivity contribution is -0.142. The molecule has 0 radical (unpaired) electrons. The molecule has 0 fully saturated rings. The minimum Gasteiger partial charge on any atom is -0.466 e. The molecule has 1 aromatic rings. The largest absolute Gasteiger partial charge is 0.466 e. The van der Waals surface area contributed by atoms with Gasteiger partial charge in [0.25, 0.3) is 5.91 Å².